The van der Waals surface area contributed by atoms with E-state index >= 15 is 0 Å². The van der Waals surface area contributed by atoms with Gasteiger partial charge >= 0.3 is 0 Å². The van der Waals surface area contributed by atoms with E-state index in [1.54, 1.807) is 13.0 Å². The van der Waals surface area contributed by atoms with Crippen LogP contribution in [0.5, 0.6) is 0 Å². The predicted octanol–water partition coefficient (Wildman–Crippen LogP) is 0.851. The first-order valence-corrected chi connectivity index (χ1v) is 9.66. The second-order valence-electron chi connectivity index (χ2n) is 5.81. The topological polar surface area (TPSA) is 75.7 Å². The smallest absolute Gasteiger partial charge is 0.251 e. The Hall–Kier alpha value is -1.44. The summed E-state index contributed by atoms with van der Waals surface area (Å²) < 4.78 is 28.5. The lowest BCUT2D eigenvalue weighted by Gasteiger charge is -2.26. The van der Waals surface area contributed by atoms with Gasteiger partial charge in [0.05, 0.1) is 18.1 Å². The average molecular weight is 340 g/mol. The molecule has 1 N–H and O–H groups in total. The number of amides is 1. The molecule has 0 bridgehead atoms. The third kappa shape index (κ3) is 5.30. The van der Waals surface area contributed by atoms with Crippen molar-refractivity contribution < 1.29 is 17.9 Å². The Morgan fingerprint density at radius 3 is 2.65 bits per heavy atom. The molecule has 1 aromatic rings. The maximum absolute atomic E-state index is 12.3. The standard InChI is InChI=1S/C16H24N2O4S/c1-13-4-5-14(23(2,20)21)12-15(13)16(19)17-6-3-7-18-8-10-22-11-9-18/h4-5,12H,3,6-11H2,1-2H3,(H,17,19). The maximum atomic E-state index is 12.3. The molecule has 7 heteroatoms. The summed E-state index contributed by atoms with van der Waals surface area (Å²) in [7, 11) is -3.31. The van der Waals surface area contributed by atoms with E-state index < -0.39 is 9.84 Å². The molecule has 1 saturated heterocycles. The summed E-state index contributed by atoms with van der Waals surface area (Å²) in [6, 6.07) is 4.64. The molecule has 0 aromatic heterocycles. The second kappa shape index (κ2) is 7.90. The molecule has 128 valence electrons. The molecular formula is C16H24N2O4S. The number of carbonyl (C=O) groups is 1. The van der Waals surface area contributed by atoms with E-state index in [0.717, 1.165) is 51.1 Å². The Labute approximate surface area is 137 Å². The molecule has 1 aliphatic heterocycles. The summed E-state index contributed by atoms with van der Waals surface area (Å²) in [6.07, 6.45) is 2.00. The van der Waals surface area contributed by atoms with Gasteiger partial charge in [0, 0.05) is 31.5 Å². The fourth-order valence-electron chi connectivity index (χ4n) is 2.50. The molecule has 0 radical (unpaired) electrons. The van der Waals surface area contributed by atoms with Crippen molar-refractivity contribution in [3.63, 3.8) is 0 Å². The van der Waals surface area contributed by atoms with Crippen molar-refractivity contribution in [2.75, 3.05) is 45.6 Å². The molecule has 1 fully saturated rings. The fraction of sp³-hybridized carbons (Fsp3) is 0.562. The van der Waals surface area contributed by atoms with Gasteiger partial charge in [-0.1, -0.05) is 6.07 Å². The highest BCUT2D eigenvalue weighted by atomic mass is 32.2. The van der Waals surface area contributed by atoms with Gasteiger partial charge in [0.25, 0.3) is 5.91 Å². The lowest BCUT2D eigenvalue weighted by Crippen LogP contribution is -2.38. The number of carbonyl (C=O) groups excluding carboxylic acids is 1. The van der Waals surface area contributed by atoms with Crippen molar-refractivity contribution in [3.8, 4) is 0 Å². The van der Waals surface area contributed by atoms with Gasteiger partial charge in [-0.3, -0.25) is 9.69 Å². The zero-order chi connectivity index (χ0) is 16.9. The molecule has 0 unspecified atom stereocenters. The van der Waals surface area contributed by atoms with Gasteiger partial charge in [-0.2, -0.15) is 0 Å². The van der Waals surface area contributed by atoms with Crippen LogP contribution in [0.4, 0.5) is 0 Å². The van der Waals surface area contributed by atoms with Crippen molar-refractivity contribution in [2.45, 2.75) is 18.2 Å². The Morgan fingerprint density at radius 1 is 1.30 bits per heavy atom. The highest BCUT2D eigenvalue weighted by Gasteiger charge is 2.14. The third-order valence-corrected chi connectivity index (χ3v) is 5.03. The SMILES string of the molecule is Cc1ccc(S(C)(=O)=O)cc1C(=O)NCCCN1CCOCC1. The van der Waals surface area contributed by atoms with Crippen LogP contribution in [0, 0.1) is 6.92 Å². The Balaban J connectivity index is 1.87. The molecule has 0 saturated carbocycles. The molecule has 1 heterocycles. The van der Waals surface area contributed by atoms with E-state index in [1.165, 1.54) is 12.1 Å². The summed E-state index contributed by atoms with van der Waals surface area (Å²) in [5.41, 5.74) is 1.18. The van der Waals surface area contributed by atoms with Crippen LogP contribution in [0.3, 0.4) is 0 Å². The van der Waals surface area contributed by atoms with Crippen molar-refractivity contribution >= 4 is 15.7 Å². The number of nitrogens with one attached hydrogen (secondary N) is 1. The Morgan fingerprint density at radius 2 is 2.00 bits per heavy atom. The molecule has 6 nitrogen and oxygen atoms in total. The van der Waals surface area contributed by atoms with Gasteiger partial charge in [-0.25, -0.2) is 8.42 Å². The molecule has 0 aliphatic carbocycles. The molecule has 1 amide bonds. The molecule has 23 heavy (non-hydrogen) atoms. The number of benzene rings is 1. The van der Waals surface area contributed by atoms with Gasteiger partial charge in [-0.05, 0) is 37.6 Å². The quantitative estimate of drug-likeness (QED) is 0.777. The largest absolute Gasteiger partial charge is 0.379 e. The summed E-state index contributed by atoms with van der Waals surface area (Å²) in [4.78, 5) is 14.7. The van der Waals surface area contributed by atoms with E-state index in [4.69, 9.17) is 4.74 Å². The lowest BCUT2D eigenvalue weighted by molar-refractivity contribution is 0.0374. The van der Waals surface area contributed by atoms with Crippen LogP contribution >= 0.6 is 0 Å². The zero-order valence-corrected chi connectivity index (χ0v) is 14.5. The highest BCUT2D eigenvalue weighted by molar-refractivity contribution is 7.90. The minimum atomic E-state index is -3.31. The first-order chi connectivity index (χ1) is 10.9. The fourth-order valence-corrected chi connectivity index (χ4v) is 3.15. The zero-order valence-electron chi connectivity index (χ0n) is 13.7. The minimum Gasteiger partial charge on any atom is -0.379 e. The number of hydrogen-bond donors (Lipinski definition) is 1. The van der Waals surface area contributed by atoms with Crippen LogP contribution in [0.1, 0.15) is 22.3 Å². The van der Waals surface area contributed by atoms with Crippen LogP contribution in [0.2, 0.25) is 0 Å². The van der Waals surface area contributed by atoms with Crippen molar-refractivity contribution in [1.82, 2.24) is 10.2 Å². The van der Waals surface area contributed by atoms with Gasteiger partial charge in [-0.15, -0.1) is 0 Å². The number of ether oxygens (including phenoxy) is 1. The summed E-state index contributed by atoms with van der Waals surface area (Å²) in [6.45, 7) is 6.69. The number of hydrogen-bond acceptors (Lipinski definition) is 5. The van der Waals surface area contributed by atoms with E-state index in [-0.39, 0.29) is 10.8 Å². The van der Waals surface area contributed by atoms with Crippen molar-refractivity contribution in [2.24, 2.45) is 0 Å². The summed E-state index contributed by atoms with van der Waals surface area (Å²) in [5, 5.41) is 2.87. The first kappa shape index (κ1) is 17.9. The molecular weight excluding hydrogens is 316 g/mol. The second-order valence-corrected chi connectivity index (χ2v) is 7.83. The molecule has 0 spiro atoms. The summed E-state index contributed by atoms with van der Waals surface area (Å²) >= 11 is 0. The number of aryl methyl sites for hydroxylation is 1. The average Bonchev–Trinajstić information content (AvgIpc) is 2.51. The first-order valence-electron chi connectivity index (χ1n) is 7.77. The Kier molecular flexibility index (Phi) is 6.15. The highest BCUT2D eigenvalue weighted by Crippen LogP contribution is 2.15. The molecule has 1 aliphatic rings. The lowest BCUT2D eigenvalue weighted by atomic mass is 10.1. The van der Waals surface area contributed by atoms with E-state index in [9.17, 15) is 13.2 Å². The molecule has 0 atom stereocenters. The number of sulfone groups is 1. The summed E-state index contributed by atoms with van der Waals surface area (Å²) in [5.74, 6) is -0.227. The van der Waals surface area contributed by atoms with Gasteiger partial charge in [0.2, 0.25) is 0 Å². The van der Waals surface area contributed by atoms with Crippen LogP contribution in [-0.2, 0) is 14.6 Å². The van der Waals surface area contributed by atoms with E-state index in [0.29, 0.717) is 12.1 Å². The van der Waals surface area contributed by atoms with Crippen LogP contribution in [0.25, 0.3) is 0 Å². The number of nitrogens with zero attached hydrogens (tertiary/aromatic N) is 1. The number of morpholine rings is 1. The normalized spacial score (nSPS) is 16.3. The van der Waals surface area contributed by atoms with Crippen LogP contribution in [-0.4, -0.2) is 64.9 Å². The van der Waals surface area contributed by atoms with Crippen molar-refractivity contribution in [3.05, 3.63) is 29.3 Å². The number of rotatable bonds is 6. The monoisotopic (exact) mass is 340 g/mol. The maximum Gasteiger partial charge on any atom is 0.251 e. The van der Waals surface area contributed by atoms with Crippen molar-refractivity contribution in [1.29, 1.82) is 0 Å². The molecule has 1 aromatic carbocycles. The van der Waals surface area contributed by atoms with Gasteiger partial charge < -0.3 is 10.1 Å². The Bertz CT molecular complexity index is 652. The minimum absolute atomic E-state index is 0.168. The van der Waals surface area contributed by atoms with Crippen LogP contribution in [0.15, 0.2) is 23.1 Å². The van der Waals surface area contributed by atoms with E-state index in [1.807, 2.05) is 0 Å². The van der Waals surface area contributed by atoms with Gasteiger partial charge in [0.1, 0.15) is 0 Å². The van der Waals surface area contributed by atoms with Gasteiger partial charge in [0.15, 0.2) is 9.84 Å². The van der Waals surface area contributed by atoms with Crippen LogP contribution < -0.4 is 5.32 Å². The third-order valence-electron chi connectivity index (χ3n) is 3.92. The van der Waals surface area contributed by atoms with E-state index in [2.05, 4.69) is 10.2 Å². The molecule has 2 rings (SSSR count). The predicted molar refractivity (Wildman–Crippen MR) is 88.5 cm³/mol.